The van der Waals surface area contributed by atoms with Gasteiger partial charge >= 0.3 is 0 Å². The van der Waals surface area contributed by atoms with E-state index < -0.39 is 0 Å². The normalized spacial score (nSPS) is 21.0. The van der Waals surface area contributed by atoms with E-state index in [4.69, 9.17) is 4.74 Å². The smallest absolute Gasteiger partial charge is 0.0748 e. The van der Waals surface area contributed by atoms with E-state index >= 15 is 0 Å². The number of hydrogen-bond acceptors (Lipinski definition) is 3. The van der Waals surface area contributed by atoms with Gasteiger partial charge in [0.1, 0.15) is 0 Å². The number of halogens is 1. The third-order valence-corrected chi connectivity index (χ3v) is 4.61. The van der Waals surface area contributed by atoms with Gasteiger partial charge < -0.3 is 15.0 Å². The summed E-state index contributed by atoms with van der Waals surface area (Å²) in [5.74, 6) is 0. The van der Waals surface area contributed by atoms with Gasteiger partial charge in [-0.15, -0.1) is 0 Å². The first-order valence-corrected chi connectivity index (χ1v) is 8.34. The average Bonchev–Trinajstić information content (AvgIpc) is 2.47. The predicted octanol–water partition coefficient (Wildman–Crippen LogP) is 3.73. The van der Waals surface area contributed by atoms with E-state index in [1.54, 1.807) is 0 Å². The molecule has 2 unspecified atom stereocenters. The Morgan fingerprint density at radius 3 is 2.90 bits per heavy atom. The summed E-state index contributed by atoms with van der Waals surface area (Å²) in [5.41, 5.74) is 2.60. The van der Waals surface area contributed by atoms with Gasteiger partial charge in [-0.05, 0) is 37.6 Å². The molecule has 1 fully saturated rings. The molecule has 1 aliphatic heterocycles. The molecule has 112 valence electrons. The lowest BCUT2D eigenvalue weighted by Gasteiger charge is -2.34. The molecule has 0 bridgehead atoms. The van der Waals surface area contributed by atoms with Crippen molar-refractivity contribution >= 4 is 21.6 Å². The third-order valence-electron chi connectivity index (χ3n) is 3.92. The van der Waals surface area contributed by atoms with Gasteiger partial charge in [0.25, 0.3) is 0 Å². The molecule has 1 N–H and O–H groups in total. The first-order valence-electron chi connectivity index (χ1n) is 7.55. The van der Waals surface area contributed by atoms with Crippen LogP contribution in [0.15, 0.2) is 22.7 Å². The van der Waals surface area contributed by atoms with Crippen molar-refractivity contribution in [1.82, 2.24) is 5.32 Å². The Labute approximate surface area is 130 Å². The van der Waals surface area contributed by atoms with Crippen LogP contribution in [0.4, 0.5) is 5.69 Å². The second kappa shape index (κ2) is 7.43. The maximum absolute atomic E-state index is 5.74. The molecule has 0 aliphatic carbocycles. The molecule has 0 spiro atoms. The summed E-state index contributed by atoms with van der Waals surface area (Å²) in [6.07, 6.45) is 1.44. The number of nitrogens with one attached hydrogen (secondary N) is 1. The second-order valence-electron chi connectivity index (χ2n) is 5.33. The van der Waals surface area contributed by atoms with Crippen LogP contribution in [0, 0.1) is 0 Å². The van der Waals surface area contributed by atoms with E-state index in [1.807, 2.05) is 0 Å². The summed E-state index contributed by atoms with van der Waals surface area (Å²) < 4.78 is 6.92. The Morgan fingerprint density at radius 2 is 2.25 bits per heavy atom. The summed E-state index contributed by atoms with van der Waals surface area (Å²) in [6, 6.07) is 7.06. The van der Waals surface area contributed by atoms with Crippen LogP contribution >= 0.6 is 15.9 Å². The quantitative estimate of drug-likeness (QED) is 0.883. The van der Waals surface area contributed by atoms with E-state index in [9.17, 15) is 0 Å². The van der Waals surface area contributed by atoms with Crippen LogP contribution in [0.5, 0.6) is 0 Å². The summed E-state index contributed by atoms with van der Waals surface area (Å²) in [7, 11) is 0. The van der Waals surface area contributed by atoms with Crippen molar-refractivity contribution in [3.05, 3.63) is 28.2 Å². The van der Waals surface area contributed by atoms with Crippen molar-refractivity contribution < 1.29 is 4.74 Å². The van der Waals surface area contributed by atoms with Crippen LogP contribution in [0.3, 0.4) is 0 Å². The zero-order chi connectivity index (χ0) is 14.5. The molecule has 1 aliphatic rings. The molecule has 4 heteroatoms. The Bertz CT molecular complexity index is 438. The molecule has 1 aromatic carbocycles. The molecule has 1 heterocycles. The highest BCUT2D eigenvalue weighted by Crippen LogP contribution is 2.29. The lowest BCUT2D eigenvalue weighted by Crippen LogP contribution is -2.42. The predicted molar refractivity (Wildman–Crippen MR) is 88.5 cm³/mol. The highest BCUT2D eigenvalue weighted by molar-refractivity contribution is 9.10. The van der Waals surface area contributed by atoms with Gasteiger partial charge in [-0.2, -0.15) is 0 Å². The van der Waals surface area contributed by atoms with Gasteiger partial charge in [0.05, 0.1) is 12.7 Å². The van der Waals surface area contributed by atoms with Crippen molar-refractivity contribution in [3.63, 3.8) is 0 Å². The highest BCUT2D eigenvalue weighted by atomic mass is 79.9. The molecule has 20 heavy (non-hydrogen) atoms. The fraction of sp³-hybridized carbons (Fsp3) is 0.625. The zero-order valence-electron chi connectivity index (χ0n) is 12.7. The molecule has 0 aromatic heterocycles. The monoisotopic (exact) mass is 340 g/mol. The van der Waals surface area contributed by atoms with Crippen LogP contribution in [-0.4, -0.2) is 32.3 Å². The fourth-order valence-corrected chi connectivity index (χ4v) is 3.39. The number of rotatable bonds is 5. The molecule has 0 radical (unpaired) electrons. The maximum atomic E-state index is 5.74. The van der Waals surface area contributed by atoms with Gasteiger partial charge in [0.2, 0.25) is 0 Å². The molecule has 0 saturated carbocycles. The summed E-state index contributed by atoms with van der Waals surface area (Å²) in [6.45, 7) is 10.3. The van der Waals surface area contributed by atoms with Gasteiger partial charge in [0.15, 0.2) is 0 Å². The Hall–Kier alpha value is -0.580. The zero-order valence-corrected chi connectivity index (χ0v) is 14.2. The highest BCUT2D eigenvalue weighted by Gasteiger charge is 2.20. The molecular weight excluding hydrogens is 316 g/mol. The molecule has 1 aromatic rings. The van der Waals surface area contributed by atoms with E-state index in [1.165, 1.54) is 15.7 Å². The third kappa shape index (κ3) is 3.74. The van der Waals surface area contributed by atoms with Gasteiger partial charge in [-0.25, -0.2) is 0 Å². The van der Waals surface area contributed by atoms with E-state index in [2.05, 4.69) is 65.1 Å². The summed E-state index contributed by atoms with van der Waals surface area (Å²) in [4.78, 5) is 2.42. The van der Waals surface area contributed by atoms with Crippen LogP contribution in [0.2, 0.25) is 0 Å². The second-order valence-corrected chi connectivity index (χ2v) is 6.19. The van der Waals surface area contributed by atoms with Crippen molar-refractivity contribution in [2.45, 2.75) is 39.3 Å². The van der Waals surface area contributed by atoms with Crippen LogP contribution < -0.4 is 10.2 Å². The fourth-order valence-electron chi connectivity index (χ4n) is 2.68. The van der Waals surface area contributed by atoms with E-state index in [-0.39, 0.29) is 0 Å². The molecular formula is C16H25BrN2O. The number of hydrogen-bond donors (Lipinski definition) is 1. The minimum atomic E-state index is 0.364. The van der Waals surface area contributed by atoms with Crippen molar-refractivity contribution in [2.75, 3.05) is 31.1 Å². The summed E-state index contributed by atoms with van der Waals surface area (Å²) in [5, 5.41) is 3.45. The minimum absolute atomic E-state index is 0.364. The molecule has 2 atom stereocenters. The lowest BCUT2D eigenvalue weighted by molar-refractivity contribution is 0.0384. The van der Waals surface area contributed by atoms with E-state index in [0.717, 1.165) is 32.7 Å². The number of ether oxygens (including phenoxy) is 1. The van der Waals surface area contributed by atoms with Crippen LogP contribution in [0.1, 0.15) is 38.8 Å². The van der Waals surface area contributed by atoms with Crippen LogP contribution in [-0.2, 0) is 4.74 Å². The first-order chi connectivity index (χ1) is 9.65. The van der Waals surface area contributed by atoms with Crippen molar-refractivity contribution in [2.24, 2.45) is 0 Å². The van der Waals surface area contributed by atoms with E-state index in [0.29, 0.717) is 12.1 Å². The molecule has 1 saturated heterocycles. The van der Waals surface area contributed by atoms with Gasteiger partial charge in [-0.1, -0.05) is 35.8 Å². The minimum Gasteiger partial charge on any atom is -0.375 e. The number of nitrogens with zero attached hydrogens (tertiary/aromatic N) is 1. The maximum Gasteiger partial charge on any atom is 0.0748 e. The topological polar surface area (TPSA) is 24.5 Å². The molecule has 3 nitrogen and oxygen atoms in total. The Balaban J connectivity index is 2.12. The van der Waals surface area contributed by atoms with Gasteiger partial charge in [0, 0.05) is 29.3 Å². The average molecular weight is 341 g/mol. The number of benzene rings is 1. The van der Waals surface area contributed by atoms with Crippen molar-refractivity contribution in [3.8, 4) is 0 Å². The summed E-state index contributed by atoms with van der Waals surface area (Å²) >= 11 is 3.72. The molecule has 2 rings (SSSR count). The Kier molecular flexibility index (Phi) is 5.87. The lowest BCUT2D eigenvalue weighted by atomic mass is 10.1. The first kappa shape index (κ1) is 15.8. The van der Waals surface area contributed by atoms with Crippen molar-refractivity contribution in [1.29, 1.82) is 0 Å². The largest absolute Gasteiger partial charge is 0.375 e. The SMILES string of the molecule is CCNC(C)c1ccc(N2CCOC(CC)C2)cc1Br. The Morgan fingerprint density at radius 1 is 1.45 bits per heavy atom. The number of anilines is 1. The van der Waals surface area contributed by atoms with Crippen LogP contribution in [0.25, 0.3) is 0 Å². The standard InChI is InChI=1S/C16H25BrN2O/c1-4-14-11-19(8-9-20-14)13-6-7-15(16(17)10-13)12(3)18-5-2/h6-7,10,12,14,18H,4-5,8-9,11H2,1-3H3. The number of morpholine rings is 1. The van der Waals surface area contributed by atoms with Gasteiger partial charge in [-0.3, -0.25) is 0 Å². The molecule has 0 amide bonds.